The van der Waals surface area contributed by atoms with Crippen LogP contribution in [0, 0.1) is 0 Å². The lowest BCUT2D eigenvalue weighted by Gasteiger charge is -2.38. The van der Waals surface area contributed by atoms with Crippen LogP contribution in [0.3, 0.4) is 0 Å². The standard InChI is InChI=1S/C15H22N2O2/c1-11-6-4-7-12(2)17(11)15(18)16-13-8-5-9-14(10-13)19-3/h5,8-12H,4,6-7H2,1-3H3,(H,16,18)/t11-,12-/m0/s1. The molecule has 1 heterocycles. The van der Waals surface area contributed by atoms with Gasteiger partial charge in [0.15, 0.2) is 0 Å². The topological polar surface area (TPSA) is 41.6 Å². The molecule has 0 bridgehead atoms. The molecule has 4 heteroatoms. The molecule has 1 aromatic carbocycles. The molecule has 0 saturated carbocycles. The summed E-state index contributed by atoms with van der Waals surface area (Å²) in [6.45, 7) is 4.22. The summed E-state index contributed by atoms with van der Waals surface area (Å²) in [5.74, 6) is 0.748. The predicted molar refractivity (Wildman–Crippen MR) is 76.6 cm³/mol. The normalized spacial score (nSPS) is 23.0. The minimum Gasteiger partial charge on any atom is -0.497 e. The van der Waals surface area contributed by atoms with Gasteiger partial charge >= 0.3 is 6.03 Å². The molecule has 4 nitrogen and oxygen atoms in total. The van der Waals surface area contributed by atoms with Gasteiger partial charge in [0, 0.05) is 23.8 Å². The lowest BCUT2D eigenvalue weighted by atomic mass is 9.98. The molecule has 1 aliphatic heterocycles. The fourth-order valence-electron chi connectivity index (χ4n) is 2.71. The molecule has 1 aliphatic rings. The molecular weight excluding hydrogens is 240 g/mol. The largest absolute Gasteiger partial charge is 0.497 e. The number of hydrogen-bond donors (Lipinski definition) is 1. The predicted octanol–water partition coefficient (Wildman–Crippen LogP) is 3.49. The Kier molecular flexibility index (Phi) is 4.30. The third-order valence-electron chi connectivity index (χ3n) is 3.75. The molecular formula is C15H22N2O2. The monoisotopic (exact) mass is 262 g/mol. The summed E-state index contributed by atoms with van der Waals surface area (Å²) in [4.78, 5) is 14.3. The zero-order valence-electron chi connectivity index (χ0n) is 11.8. The number of carbonyl (C=O) groups excluding carboxylic acids is 1. The number of piperidine rings is 1. The number of amides is 2. The van der Waals surface area contributed by atoms with Crippen LogP contribution in [0.25, 0.3) is 0 Å². The Morgan fingerprint density at radius 2 is 2.00 bits per heavy atom. The van der Waals surface area contributed by atoms with Crippen molar-refractivity contribution >= 4 is 11.7 Å². The van der Waals surface area contributed by atoms with Gasteiger partial charge in [-0.1, -0.05) is 6.07 Å². The molecule has 0 radical (unpaired) electrons. The molecule has 1 N–H and O–H groups in total. The van der Waals surface area contributed by atoms with E-state index >= 15 is 0 Å². The maximum Gasteiger partial charge on any atom is 0.322 e. The van der Waals surface area contributed by atoms with Crippen LogP contribution in [0.15, 0.2) is 24.3 Å². The van der Waals surface area contributed by atoms with Crippen molar-refractivity contribution in [1.29, 1.82) is 0 Å². The average Bonchev–Trinajstić information content (AvgIpc) is 2.38. The van der Waals surface area contributed by atoms with E-state index in [1.54, 1.807) is 7.11 Å². The van der Waals surface area contributed by atoms with Crippen LogP contribution in [-0.2, 0) is 0 Å². The van der Waals surface area contributed by atoms with E-state index in [4.69, 9.17) is 4.74 Å². The summed E-state index contributed by atoms with van der Waals surface area (Å²) >= 11 is 0. The highest BCUT2D eigenvalue weighted by molar-refractivity contribution is 5.90. The van der Waals surface area contributed by atoms with Gasteiger partial charge in [-0.3, -0.25) is 0 Å². The highest BCUT2D eigenvalue weighted by Crippen LogP contribution is 2.24. The van der Waals surface area contributed by atoms with Crippen molar-refractivity contribution in [3.8, 4) is 5.75 Å². The third kappa shape index (κ3) is 3.19. The van der Waals surface area contributed by atoms with E-state index in [2.05, 4.69) is 19.2 Å². The van der Waals surface area contributed by atoms with Gasteiger partial charge < -0.3 is 15.0 Å². The molecule has 0 aliphatic carbocycles. The van der Waals surface area contributed by atoms with Crippen LogP contribution in [0.4, 0.5) is 10.5 Å². The maximum atomic E-state index is 12.4. The summed E-state index contributed by atoms with van der Waals surface area (Å²) in [5, 5.41) is 2.95. The number of likely N-dealkylation sites (tertiary alicyclic amines) is 1. The number of nitrogens with zero attached hydrogens (tertiary/aromatic N) is 1. The minimum atomic E-state index is -0.0204. The molecule has 2 atom stereocenters. The van der Waals surface area contributed by atoms with Crippen LogP contribution in [-0.4, -0.2) is 30.1 Å². The molecule has 1 fully saturated rings. The van der Waals surface area contributed by atoms with Crippen LogP contribution in [0.2, 0.25) is 0 Å². The fraction of sp³-hybridized carbons (Fsp3) is 0.533. The molecule has 1 aromatic rings. The van der Waals surface area contributed by atoms with Crippen LogP contribution < -0.4 is 10.1 Å². The Morgan fingerprint density at radius 1 is 1.32 bits per heavy atom. The molecule has 2 rings (SSSR count). The van der Waals surface area contributed by atoms with Gasteiger partial charge in [0.25, 0.3) is 0 Å². The van der Waals surface area contributed by atoms with Crippen molar-refractivity contribution in [1.82, 2.24) is 4.90 Å². The van der Waals surface area contributed by atoms with Gasteiger partial charge in [-0.2, -0.15) is 0 Å². The molecule has 104 valence electrons. The number of methoxy groups -OCH3 is 1. The number of nitrogens with one attached hydrogen (secondary N) is 1. The SMILES string of the molecule is COc1cccc(NC(=O)N2[C@@H](C)CCC[C@@H]2C)c1. The molecule has 0 aromatic heterocycles. The highest BCUT2D eigenvalue weighted by atomic mass is 16.5. The first-order valence-electron chi connectivity index (χ1n) is 6.85. The number of ether oxygens (including phenoxy) is 1. The van der Waals surface area contributed by atoms with E-state index in [9.17, 15) is 4.79 Å². The van der Waals surface area contributed by atoms with Crippen LogP contribution >= 0.6 is 0 Å². The first-order chi connectivity index (χ1) is 9.11. The van der Waals surface area contributed by atoms with E-state index in [1.165, 1.54) is 6.42 Å². The zero-order valence-corrected chi connectivity index (χ0v) is 11.8. The van der Waals surface area contributed by atoms with Gasteiger partial charge in [0.2, 0.25) is 0 Å². The number of benzene rings is 1. The Hall–Kier alpha value is -1.71. The summed E-state index contributed by atoms with van der Waals surface area (Å²) in [5.41, 5.74) is 0.773. The van der Waals surface area contributed by atoms with Gasteiger partial charge in [0.05, 0.1) is 7.11 Å². The lowest BCUT2D eigenvalue weighted by molar-refractivity contribution is 0.133. The summed E-state index contributed by atoms with van der Waals surface area (Å²) < 4.78 is 5.16. The van der Waals surface area contributed by atoms with Gasteiger partial charge in [-0.05, 0) is 45.2 Å². The molecule has 0 spiro atoms. The van der Waals surface area contributed by atoms with Crippen LogP contribution in [0.1, 0.15) is 33.1 Å². The smallest absolute Gasteiger partial charge is 0.322 e. The summed E-state index contributed by atoms with van der Waals surface area (Å²) in [6.07, 6.45) is 3.36. The number of hydrogen-bond acceptors (Lipinski definition) is 2. The van der Waals surface area contributed by atoms with Gasteiger partial charge in [0.1, 0.15) is 5.75 Å². The van der Waals surface area contributed by atoms with E-state index in [1.807, 2.05) is 29.2 Å². The Morgan fingerprint density at radius 3 is 2.63 bits per heavy atom. The third-order valence-corrected chi connectivity index (χ3v) is 3.75. The minimum absolute atomic E-state index is 0.0204. The van der Waals surface area contributed by atoms with Crippen molar-refractivity contribution in [2.45, 2.75) is 45.2 Å². The Labute approximate surface area is 114 Å². The first kappa shape index (κ1) is 13.7. The fourth-order valence-corrected chi connectivity index (χ4v) is 2.71. The highest BCUT2D eigenvalue weighted by Gasteiger charge is 2.28. The lowest BCUT2D eigenvalue weighted by Crippen LogP contribution is -2.49. The van der Waals surface area contributed by atoms with E-state index < -0.39 is 0 Å². The second-order valence-corrected chi connectivity index (χ2v) is 5.20. The molecule has 19 heavy (non-hydrogen) atoms. The van der Waals surface area contributed by atoms with Crippen LogP contribution in [0.5, 0.6) is 5.75 Å². The van der Waals surface area contributed by atoms with Crippen molar-refractivity contribution in [3.05, 3.63) is 24.3 Å². The number of urea groups is 1. The van der Waals surface area contributed by atoms with Crippen molar-refractivity contribution < 1.29 is 9.53 Å². The van der Waals surface area contributed by atoms with E-state index in [0.717, 1.165) is 24.3 Å². The number of carbonyl (C=O) groups is 1. The van der Waals surface area contributed by atoms with Gasteiger partial charge in [-0.25, -0.2) is 4.79 Å². The van der Waals surface area contributed by atoms with Gasteiger partial charge in [-0.15, -0.1) is 0 Å². The van der Waals surface area contributed by atoms with E-state index in [0.29, 0.717) is 12.1 Å². The number of rotatable bonds is 2. The van der Waals surface area contributed by atoms with Crippen molar-refractivity contribution in [2.24, 2.45) is 0 Å². The average molecular weight is 262 g/mol. The summed E-state index contributed by atoms with van der Waals surface area (Å²) in [6, 6.07) is 8.02. The number of anilines is 1. The van der Waals surface area contributed by atoms with E-state index in [-0.39, 0.29) is 6.03 Å². The molecule has 1 saturated heterocycles. The second-order valence-electron chi connectivity index (χ2n) is 5.20. The Bertz CT molecular complexity index is 438. The summed E-state index contributed by atoms with van der Waals surface area (Å²) in [7, 11) is 1.62. The maximum absolute atomic E-state index is 12.4. The van der Waals surface area contributed by atoms with Crippen molar-refractivity contribution in [3.63, 3.8) is 0 Å². The molecule has 0 unspecified atom stereocenters. The van der Waals surface area contributed by atoms with Crippen molar-refractivity contribution in [2.75, 3.05) is 12.4 Å². The molecule has 2 amide bonds. The zero-order chi connectivity index (χ0) is 13.8. The first-order valence-corrected chi connectivity index (χ1v) is 6.85. The Balaban J connectivity index is 2.07. The second kappa shape index (κ2) is 5.95. The quantitative estimate of drug-likeness (QED) is 0.886.